The lowest BCUT2D eigenvalue weighted by Crippen LogP contribution is -2.30. The summed E-state index contributed by atoms with van der Waals surface area (Å²) in [5, 5.41) is 8.98. The van der Waals surface area contributed by atoms with Gasteiger partial charge in [-0.2, -0.15) is 0 Å². The van der Waals surface area contributed by atoms with E-state index in [4.69, 9.17) is 14.9 Å². The number of unbranched alkanes of at least 4 members (excludes halogenated alkanes) is 7. The third-order valence-electron chi connectivity index (χ3n) is 5.48. The number of rotatable bonds is 13. The summed E-state index contributed by atoms with van der Waals surface area (Å²) in [6.45, 7) is 3.86. The van der Waals surface area contributed by atoms with E-state index in [-0.39, 0.29) is 12.0 Å². The SMILES string of the molecule is CC1(CCCCCCCCCCc2ccccc2)CC(C)(CC(=O)O)OO1. The van der Waals surface area contributed by atoms with Crippen molar-refractivity contribution >= 4 is 5.97 Å². The van der Waals surface area contributed by atoms with Crippen LogP contribution in [-0.2, 0) is 21.0 Å². The van der Waals surface area contributed by atoms with Crippen molar-refractivity contribution in [2.24, 2.45) is 0 Å². The number of hydrogen-bond acceptors (Lipinski definition) is 3. The number of aryl methyl sites for hydroxylation is 1. The summed E-state index contributed by atoms with van der Waals surface area (Å²) in [6, 6.07) is 10.7. The van der Waals surface area contributed by atoms with Crippen molar-refractivity contribution in [3.63, 3.8) is 0 Å². The molecule has 0 aromatic heterocycles. The summed E-state index contributed by atoms with van der Waals surface area (Å²) >= 11 is 0. The summed E-state index contributed by atoms with van der Waals surface area (Å²) in [7, 11) is 0. The van der Waals surface area contributed by atoms with Crippen LogP contribution in [0.4, 0.5) is 0 Å². The first-order valence-electron chi connectivity index (χ1n) is 10.5. The maximum atomic E-state index is 10.9. The van der Waals surface area contributed by atoms with Crippen molar-refractivity contribution in [3.05, 3.63) is 35.9 Å². The lowest BCUT2D eigenvalue weighted by atomic mass is 9.85. The van der Waals surface area contributed by atoms with Crippen molar-refractivity contribution in [1.82, 2.24) is 0 Å². The maximum Gasteiger partial charge on any atom is 0.306 e. The molecule has 0 amide bonds. The summed E-state index contributed by atoms with van der Waals surface area (Å²) in [4.78, 5) is 21.8. The summed E-state index contributed by atoms with van der Waals surface area (Å²) in [6.07, 6.45) is 12.9. The number of aliphatic carboxylic acids is 1. The highest BCUT2D eigenvalue weighted by Gasteiger charge is 2.47. The zero-order valence-corrected chi connectivity index (χ0v) is 17.0. The Morgan fingerprint density at radius 1 is 0.889 bits per heavy atom. The molecule has 1 aromatic carbocycles. The molecule has 2 rings (SSSR count). The van der Waals surface area contributed by atoms with Gasteiger partial charge in [0.25, 0.3) is 0 Å². The largest absolute Gasteiger partial charge is 0.481 e. The highest BCUT2D eigenvalue weighted by molar-refractivity contribution is 5.68. The van der Waals surface area contributed by atoms with Gasteiger partial charge >= 0.3 is 5.97 Å². The zero-order chi connectivity index (χ0) is 19.6. The molecule has 0 aliphatic carbocycles. The van der Waals surface area contributed by atoms with Crippen LogP contribution in [0.1, 0.15) is 90.0 Å². The molecule has 4 nitrogen and oxygen atoms in total. The molecule has 27 heavy (non-hydrogen) atoms. The zero-order valence-electron chi connectivity index (χ0n) is 17.0. The van der Waals surface area contributed by atoms with Crippen LogP contribution in [0.25, 0.3) is 0 Å². The fraction of sp³-hybridized carbons (Fsp3) is 0.696. The predicted octanol–water partition coefficient (Wildman–Crippen LogP) is 6.08. The highest BCUT2D eigenvalue weighted by atomic mass is 17.2. The average Bonchev–Trinajstić information content (AvgIpc) is 2.91. The first kappa shape index (κ1) is 21.9. The standard InChI is InChI=1S/C23H36O4/c1-22(19-23(2,27-26-22)18-21(24)25)17-13-8-6-4-3-5-7-10-14-20-15-11-9-12-16-20/h9,11-12,15-16H,3-8,10,13-14,17-19H2,1-2H3,(H,24,25). The Labute approximate surface area is 164 Å². The number of carbonyl (C=O) groups is 1. The van der Waals surface area contributed by atoms with E-state index in [0.29, 0.717) is 6.42 Å². The molecule has 4 heteroatoms. The van der Waals surface area contributed by atoms with Crippen LogP contribution in [-0.4, -0.2) is 22.3 Å². The minimum atomic E-state index is -0.839. The van der Waals surface area contributed by atoms with Gasteiger partial charge in [-0.1, -0.05) is 75.3 Å². The van der Waals surface area contributed by atoms with Gasteiger partial charge in [0.2, 0.25) is 0 Å². The molecule has 1 aliphatic rings. The molecule has 1 fully saturated rings. The second-order valence-corrected chi connectivity index (χ2v) is 8.63. The van der Waals surface area contributed by atoms with Crippen LogP contribution in [0.2, 0.25) is 0 Å². The fourth-order valence-corrected chi connectivity index (χ4v) is 4.13. The van der Waals surface area contributed by atoms with Crippen LogP contribution in [0.15, 0.2) is 30.3 Å². The Hall–Kier alpha value is -1.39. The van der Waals surface area contributed by atoms with Crippen molar-refractivity contribution in [2.75, 3.05) is 0 Å². The summed E-state index contributed by atoms with van der Waals surface area (Å²) in [5.41, 5.74) is 0.408. The van der Waals surface area contributed by atoms with Crippen molar-refractivity contribution < 1.29 is 19.7 Å². The molecule has 0 radical (unpaired) electrons. The van der Waals surface area contributed by atoms with E-state index in [0.717, 1.165) is 12.8 Å². The first-order valence-corrected chi connectivity index (χ1v) is 10.5. The maximum absolute atomic E-state index is 10.9. The molecule has 1 N–H and O–H groups in total. The molecule has 2 atom stereocenters. The van der Waals surface area contributed by atoms with Gasteiger partial charge in [-0.3, -0.25) is 4.79 Å². The van der Waals surface area contributed by atoms with Gasteiger partial charge in [0.1, 0.15) is 11.2 Å². The minimum absolute atomic E-state index is 0.00708. The van der Waals surface area contributed by atoms with Crippen LogP contribution in [0.5, 0.6) is 0 Å². The van der Waals surface area contributed by atoms with Crippen molar-refractivity contribution in [1.29, 1.82) is 0 Å². The van der Waals surface area contributed by atoms with Gasteiger partial charge in [-0.05, 0) is 38.7 Å². The van der Waals surface area contributed by atoms with Crippen LogP contribution >= 0.6 is 0 Å². The molecule has 1 heterocycles. The first-order chi connectivity index (χ1) is 12.9. The van der Waals surface area contributed by atoms with Gasteiger partial charge in [0.15, 0.2) is 0 Å². The topological polar surface area (TPSA) is 55.8 Å². The fourth-order valence-electron chi connectivity index (χ4n) is 4.13. The van der Waals surface area contributed by atoms with E-state index in [9.17, 15) is 4.79 Å². The van der Waals surface area contributed by atoms with Gasteiger partial charge in [-0.25, -0.2) is 9.78 Å². The molecule has 0 spiro atoms. The Morgan fingerprint density at radius 2 is 1.44 bits per heavy atom. The smallest absolute Gasteiger partial charge is 0.306 e. The van der Waals surface area contributed by atoms with Crippen LogP contribution in [0, 0.1) is 0 Å². The molecular formula is C23H36O4. The number of carboxylic acids is 1. The van der Waals surface area contributed by atoms with Crippen LogP contribution < -0.4 is 0 Å². The molecule has 152 valence electrons. The molecule has 1 aliphatic heterocycles. The normalized spacial score (nSPS) is 25.0. The van der Waals surface area contributed by atoms with E-state index in [1.165, 1.54) is 56.9 Å². The highest BCUT2D eigenvalue weighted by Crippen LogP contribution is 2.40. The third kappa shape index (κ3) is 8.44. The lowest BCUT2D eigenvalue weighted by Gasteiger charge is -2.21. The monoisotopic (exact) mass is 376 g/mol. The van der Waals surface area contributed by atoms with E-state index < -0.39 is 11.6 Å². The van der Waals surface area contributed by atoms with Gasteiger partial charge < -0.3 is 5.11 Å². The second kappa shape index (κ2) is 10.8. The van der Waals surface area contributed by atoms with Crippen LogP contribution in [0.3, 0.4) is 0 Å². The van der Waals surface area contributed by atoms with E-state index in [1.807, 2.05) is 13.8 Å². The Bertz CT molecular complexity index is 559. The third-order valence-corrected chi connectivity index (χ3v) is 5.48. The van der Waals surface area contributed by atoms with E-state index in [2.05, 4.69) is 30.3 Å². The minimum Gasteiger partial charge on any atom is -0.481 e. The predicted molar refractivity (Wildman–Crippen MR) is 108 cm³/mol. The molecule has 0 saturated carbocycles. The molecule has 0 bridgehead atoms. The van der Waals surface area contributed by atoms with Gasteiger partial charge in [0, 0.05) is 6.42 Å². The average molecular weight is 377 g/mol. The molecular weight excluding hydrogens is 340 g/mol. The second-order valence-electron chi connectivity index (χ2n) is 8.63. The van der Waals surface area contributed by atoms with E-state index in [1.54, 1.807) is 0 Å². The van der Waals surface area contributed by atoms with Crippen molar-refractivity contribution in [3.8, 4) is 0 Å². The van der Waals surface area contributed by atoms with Gasteiger partial charge in [-0.15, -0.1) is 0 Å². The Morgan fingerprint density at radius 3 is 2.07 bits per heavy atom. The molecule has 2 unspecified atom stereocenters. The molecule has 1 saturated heterocycles. The van der Waals surface area contributed by atoms with E-state index >= 15 is 0 Å². The Kier molecular flexibility index (Phi) is 8.78. The summed E-state index contributed by atoms with van der Waals surface area (Å²) in [5.74, 6) is -0.839. The molecule has 1 aromatic rings. The lowest BCUT2D eigenvalue weighted by molar-refractivity contribution is -0.345. The quantitative estimate of drug-likeness (QED) is 0.334. The summed E-state index contributed by atoms with van der Waals surface area (Å²) < 4.78 is 0. The number of hydrogen-bond donors (Lipinski definition) is 1. The number of carboxylic acid groups (broad SMARTS) is 1. The Balaban J connectivity index is 1.45. The van der Waals surface area contributed by atoms with Gasteiger partial charge in [0.05, 0.1) is 6.42 Å². The van der Waals surface area contributed by atoms with Crippen molar-refractivity contribution in [2.45, 2.75) is 102 Å². The number of benzene rings is 1.